The normalized spacial score (nSPS) is 13.8. The van der Waals surface area contributed by atoms with Gasteiger partial charge in [-0.05, 0) is 52.7 Å². The van der Waals surface area contributed by atoms with Crippen molar-refractivity contribution in [3.63, 3.8) is 0 Å². The van der Waals surface area contributed by atoms with Crippen LogP contribution in [0, 0.1) is 12.8 Å². The Morgan fingerprint density at radius 2 is 1.92 bits per heavy atom. The Morgan fingerprint density at radius 1 is 1.29 bits per heavy atom. The van der Waals surface area contributed by atoms with Crippen molar-refractivity contribution in [2.75, 3.05) is 7.11 Å². The number of nitrogens with one attached hydrogen (secondary N) is 1. The number of esters is 1. The summed E-state index contributed by atoms with van der Waals surface area (Å²) < 4.78 is 11.1. The van der Waals surface area contributed by atoms with E-state index in [1.54, 1.807) is 27.7 Å². The minimum Gasteiger partial charge on any atom is -0.469 e. The predicted molar refractivity (Wildman–Crippen MR) is 96.9 cm³/mol. The van der Waals surface area contributed by atoms with E-state index in [1.807, 2.05) is 25.1 Å². The van der Waals surface area contributed by atoms with Gasteiger partial charge in [0.15, 0.2) is 0 Å². The number of halogens is 1. The topological polar surface area (TPSA) is 64.6 Å². The van der Waals surface area contributed by atoms with Gasteiger partial charge >= 0.3 is 12.1 Å². The Morgan fingerprint density at radius 3 is 2.46 bits per heavy atom. The Balaban J connectivity index is 2.90. The van der Waals surface area contributed by atoms with Gasteiger partial charge in [-0.25, -0.2) is 4.79 Å². The van der Waals surface area contributed by atoms with E-state index in [2.05, 4.69) is 21.2 Å². The second-order valence-electron chi connectivity index (χ2n) is 6.86. The average molecular weight is 400 g/mol. The van der Waals surface area contributed by atoms with Crippen LogP contribution in [-0.4, -0.2) is 30.8 Å². The van der Waals surface area contributed by atoms with Gasteiger partial charge in [0.05, 0.1) is 13.0 Å². The lowest BCUT2D eigenvalue weighted by Gasteiger charge is -2.26. The van der Waals surface area contributed by atoms with E-state index in [1.165, 1.54) is 7.11 Å². The molecule has 0 aliphatic rings. The lowest BCUT2D eigenvalue weighted by molar-refractivity contribution is -0.146. The maximum absolute atomic E-state index is 12.2. The third kappa shape index (κ3) is 6.51. The molecule has 0 spiro atoms. The quantitative estimate of drug-likeness (QED) is 0.759. The summed E-state index contributed by atoms with van der Waals surface area (Å²) in [5.74, 6) is -0.882. The molecule has 1 amide bonds. The molecule has 1 aromatic rings. The molecule has 1 rings (SSSR count). The highest BCUT2D eigenvalue weighted by atomic mass is 79.9. The molecule has 0 aromatic heterocycles. The highest BCUT2D eigenvalue weighted by Crippen LogP contribution is 2.23. The average Bonchev–Trinajstić information content (AvgIpc) is 2.45. The van der Waals surface area contributed by atoms with E-state index >= 15 is 0 Å². The van der Waals surface area contributed by atoms with Crippen molar-refractivity contribution in [2.24, 2.45) is 5.92 Å². The number of rotatable bonds is 5. The molecule has 0 unspecified atom stereocenters. The summed E-state index contributed by atoms with van der Waals surface area (Å²) in [6.45, 7) is 9.14. The zero-order valence-corrected chi connectivity index (χ0v) is 16.7. The largest absolute Gasteiger partial charge is 0.469 e. The Hall–Kier alpha value is -1.56. The standard InChI is InChI=1S/C18H26BrNO4/c1-11-7-8-15(19)13(9-11)10-14(16(21)23-6)12(2)20-17(22)24-18(3,4)5/h7-9,12,14H,10H2,1-6H3,(H,20,22)/t12-,14-/m1/s1. The van der Waals surface area contributed by atoms with Crippen molar-refractivity contribution in [1.82, 2.24) is 5.32 Å². The van der Waals surface area contributed by atoms with Crippen LogP contribution in [-0.2, 0) is 20.7 Å². The van der Waals surface area contributed by atoms with E-state index in [0.29, 0.717) is 6.42 Å². The number of benzene rings is 1. The molecule has 0 heterocycles. The Labute approximate surface area is 152 Å². The van der Waals surface area contributed by atoms with Crippen LogP contribution in [0.5, 0.6) is 0 Å². The van der Waals surface area contributed by atoms with Gasteiger partial charge in [-0.1, -0.05) is 33.6 Å². The number of alkyl carbamates (subject to hydrolysis) is 1. The summed E-state index contributed by atoms with van der Waals surface area (Å²) in [5.41, 5.74) is 1.50. The summed E-state index contributed by atoms with van der Waals surface area (Å²) >= 11 is 3.51. The monoisotopic (exact) mass is 399 g/mol. The van der Waals surface area contributed by atoms with Gasteiger partial charge in [-0.3, -0.25) is 4.79 Å². The number of hydrogen-bond donors (Lipinski definition) is 1. The Kier molecular flexibility index (Phi) is 7.27. The first kappa shape index (κ1) is 20.5. The molecular formula is C18H26BrNO4. The molecule has 0 bridgehead atoms. The van der Waals surface area contributed by atoms with Crippen molar-refractivity contribution in [3.05, 3.63) is 33.8 Å². The summed E-state index contributed by atoms with van der Waals surface area (Å²) in [5, 5.41) is 2.73. The van der Waals surface area contributed by atoms with Gasteiger partial charge in [0.1, 0.15) is 5.60 Å². The number of carbonyl (C=O) groups is 2. The fourth-order valence-electron chi connectivity index (χ4n) is 2.31. The van der Waals surface area contributed by atoms with Gasteiger partial charge in [0, 0.05) is 10.5 Å². The van der Waals surface area contributed by atoms with E-state index in [9.17, 15) is 9.59 Å². The molecule has 134 valence electrons. The summed E-state index contributed by atoms with van der Waals surface area (Å²) in [6.07, 6.45) is -0.0986. The zero-order chi connectivity index (χ0) is 18.5. The van der Waals surface area contributed by atoms with Gasteiger partial charge in [-0.15, -0.1) is 0 Å². The predicted octanol–water partition coefficient (Wildman–Crippen LogP) is 4.00. The van der Waals surface area contributed by atoms with Gasteiger partial charge < -0.3 is 14.8 Å². The summed E-state index contributed by atoms with van der Waals surface area (Å²) in [6, 6.07) is 5.52. The maximum Gasteiger partial charge on any atom is 0.407 e. The molecular weight excluding hydrogens is 374 g/mol. The van der Waals surface area contributed by atoms with Crippen LogP contribution in [0.15, 0.2) is 22.7 Å². The van der Waals surface area contributed by atoms with Crippen LogP contribution in [0.3, 0.4) is 0 Å². The third-order valence-electron chi connectivity index (χ3n) is 3.49. The Bertz CT molecular complexity index is 595. The smallest absolute Gasteiger partial charge is 0.407 e. The molecule has 5 nitrogen and oxygen atoms in total. The molecule has 1 N–H and O–H groups in total. The molecule has 0 saturated heterocycles. The SMILES string of the molecule is COC(=O)[C@H](Cc1cc(C)ccc1Br)[C@@H](C)NC(=O)OC(C)(C)C. The highest BCUT2D eigenvalue weighted by Gasteiger charge is 2.29. The van der Waals surface area contributed by atoms with Gasteiger partial charge in [-0.2, -0.15) is 0 Å². The molecule has 6 heteroatoms. The number of amides is 1. The number of ether oxygens (including phenoxy) is 2. The highest BCUT2D eigenvalue weighted by molar-refractivity contribution is 9.10. The summed E-state index contributed by atoms with van der Waals surface area (Å²) in [7, 11) is 1.35. The van der Waals surface area contributed by atoms with E-state index in [4.69, 9.17) is 9.47 Å². The lowest BCUT2D eigenvalue weighted by Crippen LogP contribution is -2.44. The fourth-order valence-corrected chi connectivity index (χ4v) is 2.72. The van der Waals surface area contributed by atoms with E-state index in [0.717, 1.165) is 15.6 Å². The van der Waals surface area contributed by atoms with Crippen molar-refractivity contribution >= 4 is 28.0 Å². The zero-order valence-electron chi connectivity index (χ0n) is 15.1. The molecule has 0 radical (unpaired) electrons. The second kappa shape index (κ2) is 8.51. The first-order chi connectivity index (χ1) is 11.0. The van der Waals surface area contributed by atoms with Crippen LogP contribution in [0.2, 0.25) is 0 Å². The number of hydrogen-bond acceptors (Lipinski definition) is 4. The number of aryl methyl sites for hydroxylation is 1. The summed E-state index contributed by atoms with van der Waals surface area (Å²) in [4.78, 5) is 24.2. The first-order valence-corrected chi connectivity index (χ1v) is 8.65. The molecule has 2 atom stereocenters. The molecule has 0 saturated carbocycles. The molecule has 0 fully saturated rings. The molecule has 1 aromatic carbocycles. The number of carbonyl (C=O) groups excluding carboxylic acids is 2. The van der Waals surface area contributed by atoms with Crippen LogP contribution >= 0.6 is 15.9 Å². The van der Waals surface area contributed by atoms with Crippen LogP contribution in [0.25, 0.3) is 0 Å². The minimum absolute atomic E-state index is 0.369. The van der Waals surface area contributed by atoms with Crippen molar-refractivity contribution in [3.8, 4) is 0 Å². The van der Waals surface area contributed by atoms with Crippen LogP contribution in [0.1, 0.15) is 38.8 Å². The number of methoxy groups -OCH3 is 1. The van der Waals surface area contributed by atoms with Crippen LogP contribution < -0.4 is 5.32 Å². The molecule has 0 aliphatic carbocycles. The third-order valence-corrected chi connectivity index (χ3v) is 4.27. The van der Waals surface area contributed by atoms with E-state index < -0.39 is 23.7 Å². The lowest BCUT2D eigenvalue weighted by atomic mass is 9.92. The fraction of sp³-hybridized carbons (Fsp3) is 0.556. The minimum atomic E-state index is -0.593. The van der Waals surface area contributed by atoms with Crippen LogP contribution in [0.4, 0.5) is 4.79 Å². The van der Waals surface area contributed by atoms with Gasteiger partial charge in [0.25, 0.3) is 0 Å². The van der Waals surface area contributed by atoms with Gasteiger partial charge in [0.2, 0.25) is 0 Å². The maximum atomic E-state index is 12.2. The first-order valence-electron chi connectivity index (χ1n) is 7.86. The molecule has 0 aliphatic heterocycles. The molecule has 24 heavy (non-hydrogen) atoms. The van der Waals surface area contributed by atoms with E-state index in [-0.39, 0.29) is 5.97 Å². The van der Waals surface area contributed by atoms with Crippen molar-refractivity contribution < 1.29 is 19.1 Å². The second-order valence-corrected chi connectivity index (χ2v) is 7.72. The van der Waals surface area contributed by atoms with Crippen molar-refractivity contribution in [2.45, 2.75) is 52.7 Å². The van der Waals surface area contributed by atoms with Crippen molar-refractivity contribution in [1.29, 1.82) is 0 Å².